The van der Waals surface area contributed by atoms with Crippen molar-refractivity contribution in [3.63, 3.8) is 0 Å². The first-order valence-corrected chi connectivity index (χ1v) is 6.93. The minimum Gasteiger partial charge on any atom is -0.617 e. The van der Waals surface area contributed by atoms with Crippen LogP contribution in [-0.4, -0.2) is 12.7 Å². The van der Waals surface area contributed by atoms with Crippen molar-refractivity contribution in [2.24, 2.45) is 0 Å². The SMILES string of the molecule is O=C(NCc1ccc2c(c1)OCO2)c1c(C(F)(F)F)cc[n+]([O-])c1F. The molecule has 1 aromatic heterocycles. The number of rotatable bonds is 3. The molecule has 2 aromatic rings. The Balaban J connectivity index is 1.83. The number of benzene rings is 1. The predicted molar refractivity (Wildman–Crippen MR) is 74.1 cm³/mol. The lowest BCUT2D eigenvalue weighted by atomic mass is 10.1. The zero-order chi connectivity index (χ0) is 18.2. The number of aromatic nitrogens is 1. The summed E-state index contributed by atoms with van der Waals surface area (Å²) < 4.78 is 62.4. The molecule has 0 unspecified atom stereocenters. The standard InChI is InChI=1S/C15H10F4N2O4/c16-13-12(9(15(17,18)19)3-4-21(13)23)14(22)20-6-8-1-2-10-11(5-8)25-7-24-10/h1-5H,6-7H2,(H,20,22). The van der Waals surface area contributed by atoms with Gasteiger partial charge in [0.25, 0.3) is 5.91 Å². The zero-order valence-electron chi connectivity index (χ0n) is 12.4. The second-order valence-electron chi connectivity index (χ2n) is 5.09. The summed E-state index contributed by atoms with van der Waals surface area (Å²) in [7, 11) is 0. The third-order valence-electron chi connectivity index (χ3n) is 3.47. The van der Waals surface area contributed by atoms with Crippen LogP contribution < -0.4 is 19.5 Å². The Morgan fingerprint density at radius 1 is 1.24 bits per heavy atom. The van der Waals surface area contributed by atoms with Gasteiger partial charge in [-0.25, -0.2) is 0 Å². The topological polar surface area (TPSA) is 74.5 Å². The molecule has 0 radical (unpaired) electrons. The van der Waals surface area contributed by atoms with E-state index in [9.17, 15) is 27.6 Å². The summed E-state index contributed by atoms with van der Waals surface area (Å²) in [6, 6.07) is 5.02. The smallest absolute Gasteiger partial charge is 0.417 e. The number of hydrogen-bond acceptors (Lipinski definition) is 4. The minimum absolute atomic E-state index is 0.0405. The highest BCUT2D eigenvalue weighted by Crippen LogP contribution is 2.33. The summed E-state index contributed by atoms with van der Waals surface area (Å²) in [5.74, 6) is -2.26. The van der Waals surface area contributed by atoms with E-state index in [1.807, 2.05) is 0 Å². The number of amides is 1. The normalized spacial score (nSPS) is 13.0. The molecule has 0 saturated heterocycles. The fourth-order valence-electron chi connectivity index (χ4n) is 2.29. The van der Waals surface area contributed by atoms with Gasteiger partial charge in [-0.05, 0) is 17.7 Å². The molecule has 1 aliphatic heterocycles. The van der Waals surface area contributed by atoms with Gasteiger partial charge in [-0.3, -0.25) is 4.79 Å². The van der Waals surface area contributed by atoms with Crippen LogP contribution in [0.15, 0.2) is 30.5 Å². The fraction of sp³-hybridized carbons (Fsp3) is 0.200. The maximum absolute atomic E-state index is 13.8. The van der Waals surface area contributed by atoms with Gasteiger partial charge in [0.2, 0.25) is 6.79 Å². The monoisotopic (exact) mass is 358 g/mol. The van der Waals surface area contributed by atoms with Gasteiger partial charge >= 0.3 is 12.1 Å². The third kappa shape index (κ3) is 3.28. The van der Waals surface area contributed by atoms with E-state index in [0.717, 1.165) is 0 Å². The number of carbonyl (C=O) groups is 1. The van der Waals surface area contributed by atoms with Gasteiger partial charge in [0.1, 0.15) is 0 Å². The van der Waals surface area contributed by atoms with Crippen LogP contribution in [0, 0.1) is 11.2 Å². The Hall–Kier alpha value is -3.04. The lowest BCUT2D eigenvalue weighted by Gasteiger charge is -2.13. The highest BCUT2D eigenvalue weighted by Gasteiger charge is 2.40. The molecule has 25 heavy (non-hydrogen) atoms. The number of halogens is 4. The van der Waals surface area contributed by atoms with Crippen molar-refractivity contribution < 1.29 is 36.6 Å². The van der Waals surface area contributed by atoms with E-state index in [2.05, 4.69) is 5.32 Å². The Labute approximate surface area is 138 Å². The summed E-state index contributed by atoms with van der Waals surface area (Å²) in [5.41, 5.74) is -2.39. The van der Waals surface area contributed by atoms with Crippen molar-refractivity contribution in [3.05, 3.63) is 58.3 Å². The Kier molecular flexibility index (Phi) is 4.11. The Morgan fingerprint density at radius 2 is 1.96 bits per heavy atom. The van der Waals surface area contributed by atoms with Crippen LogP contribution in [0.25, 0.3) is 0 Å². The summed E-state index contributed by atoms with van der Waals surface area (Å²) in [6.45, 7) is -0.154. The van der Waals surface area contributed by atoms with Gasteiger partial charge in [0.05, 0.1) is 5.56 Å². The second-order valence-corrected chi connectivity index (χ2v) is 5.09. The number of carbonyl (C=O) groups excluding carboxylic acids is 1. The molecule has 6 nitrogen and oxygen atoms in total. The van der Waals surface area contributed by atoms with Crippen molar-refractivity contribution in [1.29, 1.82) is 0 Å². The Bertz CT molecular complexity index is 839. The molecule has 1 aliphatic rings. The van der Waals surface area contributed by atoms with E-state index < -0.39 is 33.9 Å². The highest BCUT2D eigenvalue weighted by atomic mass is 19.4. The van der Waals surface area contributed by atoms with Gasteiger partial charge in [-0.1, -0.05) is 6.07 Å². The molecule has 0 aliphatic carbocycles. The Morgan fingerprint density at radius 3 is 2.68 bits per heavy atom. The van der Waals surface area contributed by atoms with Crippen LogP contribution in [-0.2, 0) is 12.7 Å². The molecule has 1 aromatic carbocycles. The van der Waals surface area contributed by atoms with Crippen molar-refractivity contribution >= 4 is 5.91 Å². The van der Waals surface area contributed by atoms with E-state index in [1.165, 1.54) is 6.07 Å². The molecule has 0 fully saturated rings. The number of ether oxygens (including phenoxy) is 2. The van der Waals surface area contributed by atoms with Crippen molar-refractivity contribution in [2.75, 3.05) is 6.79 Å². The molecular formula is C15H10F4N2O4. The number of hydrogen-bond donors (Lipinski definition) is 1. The average Bonchev–Trinajstić information content (AvgIpc) is 3.01. The zero-order valence-corrected chi connectivity index (χ0v) is 12.4. The number of nitrogens with zero attached hydrogens (tertiary/aromatic N) is 1. The molecular weight excluding hydrogens is 348 g/mol. The molecule has 132 valence electrons. The van der Waals surface area contributed by atoms with Crippen LogP contribution >= 0.6 is 0 Å². The summed E-state index contributed by atoms with van der Waals surface area (Å²) in [4.78, 5) is 12.0. The molecule has 0 atom stereocenters. The lowest BCUT2D eigenvalue weighted by molar-refractivity contribution is -0.637. The van der Waals surface area contributed by atoms with Crippen LogP contribution in [0.3, 0.4) is 0 Å². The highest BCUT2D eigenvalue weighted by molar-refractivity contribution is 5.95. The average molecular weight is 358 g/mol. The molecule has 1 N–H and O–H groups in total. The number of alkyl halides is 3. The third-order valence-corrected chi connectivity index (χ3v) is 3.47. The van der Waals surface area contributed by atoms with Gasteiger partial charge in [-0.2, -0.15) is 13.2 Å². The quantitative estimate of drug-likeness (QED) is 0.395. The molecule has 1 amide bonds. The van der Waals surface area contributed by atoms with Crippen LogP contribution in [0.2, 0.25) is 0 Å². The maximum Gasteiger partial charge on any atom is 0.417 e. The maximum atomic E-state index is 13.8. The largest absolute Gasteiger partial charge is 0.617 e. The minimum atomic E-state index is -4.99. The molecule has 0 saturated carbocycles. The van der Waals surface area contributed by atoms with E-state index in [-0.39, 0.29) is 13.3 Å². The van der Waals surface area contributed by atoms with Gasteiger partial charge in [-0.15, -0.1) is 9.12 Å². The first-order chi connectivity index (χ1) is 11.8. The van der Waals surface area contributed by atoms with Crippen LogP contribution in [0.4, 0.5) is 17.6 Å². The molecule has 10 heteroatoms. The van der Waals surface area contributed by atoms with Gasteiger partial charge in [0, 0.05) is 12.6 Å². The van der Waals surface area contributed by atoms with E-state index in [0.29, 0.717) is 29.3 Å². The summed E-state index contributed by atoms with van der Waals surface area (Å²) in [5, 5.41) is 13.3. The second kappa shape index (κ2) is 6.11. The summed E-state index contributed by atoms with van der Waals surface area (Å²) >= 11 is 0. The first-order valence-electron chi connectivity index (χ1n) is 6.93. The number of nitrogens with one attached hydrogen (secondary N) is 1. The van der Waals surface area contributed by atoms with E-state index in [4.69, 9.17) is 9.47 Å². The van der Waals surface area contributed by atoms with Gasteiger partial charge in [0.15, 0.2) is 23.3 Å². The summed E-state index contributed by atoms with van der Waals surface area (Å²) in [6.07, 6.45) is -4.63. The molecule has 0 spiro atoms. The lowest BCUT2D eigenvalue weighted by Crippen LogP contribution is -2.38. The molecule has 3 rings (SSSR count). The van der Waals surface area contributed by atoms with E-state index in [1.54, 1.807) is 12.1 Å². The number of fused-ring (bicyclic) bond motifs is 1. The van der Waals surface area contributed by atoms with Gasteiger partial charge < -0.3 is 20.0 Å². The number of pyridine rings is 1. The van der Waals surface area contributed by atoms with Crippen molar-refractivity contribution in [2.45, 2.75) is 12.7 Å². The molecule has 0 bridgehead atoms. The predicted octanol–water partition coefficient (Wildman–Crippen LogP) is 2.14. The first kappa shape index (κ1) is 16.8. The van der Waals surface area contributed by atoms with Crippen molar-refractivity contribution in [1.82, 2.24) is 5.32 Å². The molecule has 2 heterocycles. The fourth-order valence-corrected chi connectivity index (χ4v) is 2.29. The van der Waals surface area contributed by atoms with Crippen LogP contribution in [0.5, 0.6) is 11.5 Å². The van der Waals surface area contributed by atoms with E-state index >= 15 is 0 Å². The van der Waals surface area contributed by atoms with Crippen molar-refractivity contribution in [3.8, 4) is 11.5 Å². The van der Waals surface area contributed by atoms with Crippen LogP contribution in [0.1, 0.15) is 21.5 Å².